The first-order valence-corrected chi connectivity index (χ1v) is 9.57. The second-order valence-electron chi connectivity index (χ2n) is 7.08. The molecule has 3 aromatic rings. The second kappa shape index (κ2) is 8.05. The van der Waals surface area contributed by atoms with Gasteiger partial charge in [0, 0.05) is 24.0 Å². The Morgan fingerprint density at radius 3 is 2.77 bits per heavy atom. The first-order valence-electron chi connectivity index (χ1n) is 9.57. The molecule has 0 unspecified atom stereocenters. The first-order chi connectivity index (χ1) is 14.5. The lowest BCUT2D eigenvalue weighted by Gasteiger charge is -2.35. The van der Waals surface area contributed by atoms with Crippen molar-refractivity contribution < 1.29 is 13.9 Å². The van der Waals surface area contributed by atoms with Gasteiger partial charge in [-0.15, -0.1) is 0 Å². The van der Waals surface area contributed by atoms with Gasteiger partial charge < -0.3 is 9.64 Å². The number of halogens is 1. The van der Waals surface area contributed by atoms with Crippen LogP contribution in [0, 0.1) is 31.0 Å². The largest absolute Gasteiger partial charge is 0.377 e. The predicted molar refractivity (Wildman–Crippen MR) is 107 cm³/mol. The molecule has 3 heterocycles. The SMILES string of the molecule is Cc1nn(-c2ccccc2F)c(C)c1[C@@H]1COCCN1C(=O)c1ccc(C#N)cn1. The van der Waals surface area contributed by atoms with Crippen LogP contribution < -0.4 is 0 Å². The van der Waals surface area contributed by atoms with Gasteiger partial charge in [0.25, 0.3) is 5.91 Å². The molecule has 4 rings (SSSR count). The molecule has 0 N–H and O–H groups in total. The van der Waals surface area contributed by atoms with Crippen LogP contribution in [0.25, 0.3) is 5.69 Å². The highest BCUT2D eigenvalue weighted by Gasteiger charge is 2.34. The number of aryl methyl sites for hydroxylation is 1. The number of amides is 1. The molecule has 1 saturated heterocycles. The molecule has 1 aliphatic rings. The van der Waals surface area contributed by atoms with Gasteiger partial charge in [0.05, 0.1) is 30.5 Å². The van der Waals surface area contributed by atoms with Crippen LogP contribution >= 0.6 is 0 Å². The van der Waals surface area contributed by atoms with Gasteiger partial charge in [0.2, 0.25) is 0 Å². The van der Waals surface area contributed by atoms with Crippen LogP contribution in [0.2, 0.25) is 0 Å². The van der Waals surface area contributed by atoms with E-state index in [2.05, 4.69) is 10.1 Å². The van der Waals surface area contributed by atoms with E-state index in [-0.39, 0.29) is 23.5 Å². The van der Waals surface area contributed by atoms with Crippen molar-refractivity contribution in [3.63, 3.8) is 0 Å². The highest BCUT2D eigenvalue weighted by atomic mass is 19.1. The maximum atomic E-state index is 14.3. The number of aromatic nitrogens is 3. The van der Waals surface area contributed by atoms with Gasteiger partial charge in [0.15, 0.2) is 0 Å². The summed E-state index contributed by atoms with van der Waals surface area (Å²) in [6.07, 6.45) is 1.38. The first kappa shape index (κ1) is 19.7. The van der Waals surface area contributed by atoms with Crippen molar-refractivity contribution in [1.82, 2.24) is 19.7 Å². The van der Waals surface area contributed by atoms with E-state index in [0.717, 1.165) is 11.3 Å². The number of ether oxygens (including phenoxy) is 1. The van der Waals surface area contributed by atoms with Gasteiger partial charge in [-0.3, -0.25) is 4.79 Å². The molecule has 0 aliphatic carbocycles. The Balaban J connectivity index is 1.72. The van der Waals surface area contributed by atoms with Crippen molar-refractivity contribution in [3.8, 4) is 11.8 Å². The van der Waals surface area contributed by atoms with Gasteiger partial charge in [-0.05, 0) is 38.1 Å². The Labute approximate surface area is 173 Å². The topological polar surface area (TPSA) is 84.0 Å². The Morgan fingerprint density at radius 2 is 2.07 bits per heavy atom. The number of benzene rings is 1. The number of carbonyl (C=O) groups excluding carboxylic acids is 1. The average molecular weight is 405 g/mol. The van der Waals surface area contributed by atoms with Crippen molar-refractivity contribution in [2.75, 3.05) is 19.8 Å². The normalized spacial score (nSPS) is 16.3. The molecule has 0 bridgehead atoms. The van der Waals surface area contributed by atoms with Crippen LogP contribution in [-0.4, -0.2) is 45.3 Å². The van der Waals surface area contributed by atoms with Gasteiger partial charge in [-0.2, -0.15) is 10.4 Å². The van der Waals surface area contributed by atoms with E-state index in [4.69, 9.17) is 10.00 Å². The highest BCUT2D eigenvalue weighted by molar-refractivity contribution is 5.92. The third-order valence-corrected chi connectivity index (χ3v) is 5.26. The molecular formula is C22H20FN5O2. The van der Waals surface area contributed by atoms with Crippen molar-refractivity contribution in [2.24, 2.45) is 0 Å². The van der Waals surface area contributed by atoms with Crippen LogP contribution in [0.15, 0.2) is 42.6 Å². The number of para-hydroxylation sites is 1. The molecule has 0 radical (unpaired) electrons. The summed E-state index contributed by atoms with van der Waals surface area (Å²) in [6.45, 7) is 4.83. The minimum atomic E-state index is -0.371. The van der Waals surface area contributed by atoms with E-state index in [1.165, 1.54) is 12.3 Å². The number of nitrogens with zero attached hydrogens (tertiary/aromatic N) is 5. The molecule has 1 amide bonds. The summed E-state index contributed by atoms with van der Waals surface area (Å²) in [5.74, 6) is -0.616. The van der Waals surface area contributed by atoms with Crippen molar-refractivity contribution in [1.29, 1.82) is 5.26 Å². The summed E-state index contributed by atoms with van der Waals surface area (Å²) < 4.78 is 21.6. The third-order valence-electron chi connectivity index (χ3n) is 5.26. The monoisotopic (exact) mass is 405 g/mol. The summed E-state index contributed by atoms with van der Waals surface area (Å²) in [4.78, 5) is 19.0. The predicted octanol–water partition coefficient (Wildman–Crippen LogP) is 3.11. The van der Waals surface area contributed by atoms with Crippen LogP contribution in [-0.2, 0) is 4.74 Å². The molecule has 1 aromatic carbocycles. The number of hydrogen-bond donors (Lipinski definition) is 0. The maximum Gasteiger partial charge on any atom is 0.273 e. The van der Waals surface area contributed by atoms with E-state index in [1.807, 2.05) is 19.9 Å². The zero-order chi connectivity index (χ0) is 21.3. The summed E-state index contributed by atoms with van der Waals surface area (Å²) in [7, 11) is 0. The minimum absolute atomic E-state index is 0.245. The van der Waals surface area contributed by atoms with E-state index in [1.54, 1.807) is 39.9 Å². The number of hydrogen-bond acceptors (Lipinski definition) is 5. The standard InChI is InChI=1S/C22H20FN5O2/c1-14-21(15(2)28(26-14)19-6-4-3-5-17(19)23)20-13-30-10-9-27(20)22(29)18-8-7-16(11-24)12-25-18/h3-8,12,20H,9-10,13H2,1-2H3/t20-/m0/s1. The third kappa shape index (κ3) is 3.44. The van der Waals surface area contributed by atoms with Crippen LogP contribution in [0.4, 0.5) is 4.39 Å². The molecule has 1 fully saturated rings. The van der Waals surface area contributed by atoms with Crippen LogP contribution in [0.1, 0.15) is 39.0 Å². The molecule has 30 heavy (non-hydrogen) atoms. The van der Waals surface area contributed by atoms with E-state index in [9.17, 15) is 9.18 Å². The fourth-order valence-electron chi connectivity index (χ4n) is 3.81. The number of carbonyl (C=O) groups is 1. The summed E-state index contributed by atoms with van der Waals surface area (Å²) in [5, 5.41) is 13.5. The van der Waals surface area contributed by atoms with Gasteiger partial charge in [-0.1, -0.05) is 12.1 Å². The second-order valence-corrected chi connectivity index (χ2v) is 7.08. The lowest BCUT2D eigenvalue weighted by Crippen LogP contribution is -2.44. The Kier molecular flexibility index (Phi) is 5.29. The Hall–Kier alpha value is -3.57. The quantitative estimate of drug-likeness (QED) is 0.669. The molecule has 1 atom stereocenters. The van der Waals surface area contributed by atoms with Gasteiger partial charge in [-0.25, -0.2) is 14.1 Å². The van der Waals surface area contributed by atoms with Crippen molar-refractivity contribution in [3.05, 3.63) is 76.6 Å². The summed E-state index contributed by atoms with van der Waals surface area (Å²) in [5.41, 5.74) is 3.30. The van der Waals surface area contributed by atoms with Crippen molar-refractivity contribution >= 4 is 5.91 Å². The molecular weight excluding hydrogens is 385 g/mol. The van der Waals surface area contributed by atoms with Crippen LogP contribution in [0.5, 0.6) is 0 Å². The number of morpholine rings is 1. The fraction of sp³-hybridized carbons (Fsp3) is 0.273. The lowest BCUT2D eigenvalue weighted by atomic mass is 10.0. The highest BCUT2D eigenvalue weighted by Crippen LogP contribution is 2.32. The Bertz CT molecular complexity index is 1130. The van der Waals surface area contributed by atoms with E-state index < -0.39 is 0 Å². The van der Waals surface area contributed by atoms with E-state index >= 15 is 0 Å². The maximum absolute atomic E-state index is 14.3. The number of nitriles is 1. The molecule has 7 nitrogen and oxygen atoms in total. The van der Waals surface area contributed by atoms with E-state index in [0.29, 0.717) is 36.7 Å². The molecule has 1 aliphatic heterocycles. The molecule has 8 heteroatoms. The molecule has 0 spiro atoms. The zero-order valence-corrected chi connectivity index (χ0v) is 16.7. The fourth-order valence-corrected chi connectivity index (χ4v) is 3.81. The van der Waals surface area contributed by atoms with Crippen LogP contribution in [0.3, 0.4) is 0 Å². The van der Waals surface area contributed by atoms with Gasteiger partial charge in [0.1, 0.15) is 23.3 Å². The lowest BCUT2D eigenvalue weighted by molar-refractivity contribution is -0.00334. The zero-order valence-electron chi connectivity index (χ0n) is 16.7. The molecule has 0 saturated carbocycles. The molecule has 152 valence electrons. The minimum Gasteiger partial charge on any atom is -0.377 e. The summed E-state index contributed by atoms with van der Waals surface area (Å²) in [6, 6.07) is 11.2. The van der Waals surface area contributed by atoms with Crippen molar-refractivity contribution in [2.45, 2.75) is 19.9 Å². The number of rotatable bonds is 3. The van der Waals surface area contributed by atoms with Gasteiger partial charge >= 0.3 is 0 Å². The summed E-state index contributed by atoms with van der Waals surface area (Å²) >= 11 is 0. The molecule has 2 aromatic heterocycles. The Morgan fingerprint density at radius 1 is 1.27 bits per heavy atom. The smallest absolute Gasteiger partial charge is 0.273 e. The number of pyridine rings is 1. The average Bonchev–Trinajstić information content (AvgIpc) is 3.07.